The number of carbonyl (C=O) groups excluding carboxylic acids is 1. The number of ketones is 1. The van der Waals surface area contributed by atoms with Crippen molar-refractivity contribution in [3.63, 3.8) is 0 Å². The molecule has 166 valence electrons. The molecule has 1 heterocycles. The van der Waals surface area contributed by atoms with Gasteiger partial charge in [-0.3, -0.25) is 4.79 Å². The Morgan fingerprint density at radius 1 is 1.23 bits per heavy atom. The number of rotatable bonds is 9. The summed E-state index contributed by atoms with van der Waals surface area (Å²) in [6, 6.07) is 11.4. The van der Waals surface area contributed by atoms with Gasteiger partial charge in [-0.05, 0) is 38.5 Å². The van der Waals surface area contributed by atoms with E-state index in [1.165, 1.54) is 0 Å². The molecule has 0 unspecified atom stereocenters. The number of Topliss-reactive ketones (excluding diaryl/α,β-unsaturated/α-hetero) is 1. The lowest BCUT2D eigenvalue weighted by atomic mass is 10.2. The fourth-order valence-corrected chi connectivity index (χ4v) is 3.88. The summed E-state index contributed by atoms with van der Waals surface area (Å²) >= 11 is 0. The lowest BCUT2D eigenvalue weighted by Crippen LogP contribution is -2.27. The number of benzene rings is 2. The first-order valence-electron chi connectivity index (χ1n) is 10.2. The lowest BCUT2D eigenvalue weighted by Gasteiger charge is -2.23. The highest BCUT2D eigenvalue weighted by atomic mass is 32.2. The third kappa shape index (κ3) is 6.11. The smallest absolute Gasteiger partial charge is 0.203 e. The molecule has 1 aliphatic heterocycles. The summed E-state index contributed by atoms with van der Waals surface area (Å²) in [6.45, 7) is 5.29. The number of fused-ring (bicyclic) bond motifs is 2. The molecule has 0 fully saturated rings. The maximum absolute atomic E-state index is 11.3. The molecule has 1 aromatic carbocycles. The van der Waals surface area contributed by atoms with Gasteiger partial charge < -0.3 is 13.9 Å². The summed E-state index contributed by atoms with van der Waals surface area (Å²) < 4.78 is 40.7. The van der Waals surface area contributed by atoms with Gasteiger partial charge in [-0.25, -0.2) is 18.0 Å². The van der Waals surface area contributed by atoms with Crippen LogP contribution < -0.4 is 14.8 Å². The van der Waals surface area contributed by atoms with Crippen molar-refractivity contribution in [2.45, 2.75) is 26.7 Å². The zero-order valence-electron chi connectivity index (χ0n) is 18.0. The van der Waals surface area contributed by atoms with E-state index in [2.05, 4.69) is 4.98 Å². The summed E-state index contributed by atoms with van der Waals surface area (Å²) in [5.41, 5.74) is 2.94. The fraction of sp³-hybridized carbons (Fsp3) is 0.409. The van der Waals surface area contributed by atoms with Gasteiger partial charge in [0.2, 0.25) is 5.36 Å². The predicted octanol–water partition coefficient (Wildman–Crippen LogP) is 2.08. The quantitative estimate of drug-likeness (QED) is 0.282. The van der Waals surface area contributed by atoms with Crippen LogP contribution in [0.4, 0.5) is 5.69 Å². The summed E-state index contributed by atoms with van der Waals surface area (Å²) in [5, 5.41) is 0.934. The molecule has 0 saturated carbocycles. The van der Waals surface area contributed by atoms with Crippen LogP contribution in [0.2, 0.25) is 0 Å². The van der Waals surface area contributed by atoms with Crippen LogP contribution in [-0.2, 0) is 14.9 Å². The maximum Gasteiger partial charge on any atom is 0.203 e. The van der Waals surface area contributed by atoms with Crippen molar-refractivity contribution >= 4 is 32.7 Å². The molecule has 0 saturated heterocycles. The Balaban J connectivity index is 1.93. The number of aromatic nitrogens is 1. The minimum absolute atomic E-state index is 0.144. The van der Waals surface area contributed by atoms with Crippen LogP contribution in [0.1, 0.15) is 26.7 Å². The van der Waals surface area contributed by atoms with E-state index in [9.17, 15) is 17.8 Å². The summed E-state index contributed by atoms with van der Waals surface area (Å²) in [5.74, 6) is 0.399. The number of carbonyl (C=O) groups is 1. The van der Waals surface area contributed by atoms with E-state index in [1.807, 2.05) is 59.8 Å². The highest BCUT2D eigenvalue weighted by Crippen LogP contribution is 2.27. The van der Waals surface area contributed by atoms with Crippen molar-refractivity contribution in [2.24, 2.45) is 0 Å². The third-order valence-electron chi connectivity index (χ3n) is 5.16. The summed E-state index contributed by atoms with van der Waals surface area (Å²) in [6.07, 6.45) is 0.742. The Labute approximate surface area is 181 Å². The van der Waals surface area contributed by atoms with Gasteiger partial charge in [0.25, 0.3) is 0 Å². The second-order valence-corrected chi connectivity index (χ2v) is 9.11. The Hall–Kier alpha value is -2.78. The molecule has 0 bridgehead atoms. The molecule has 0 N–H and O–H groups in total. The molecular formula is C22H27N3O5S. The highest BCUT2D eigenvalue weighted by molar-refractivity contribution is 7.85. The molecule has 2 aliphatic rings. The SMILES string of the molecule is CCN(CCCS(=O)(=O)[O-])c1ccc2nc3ccc(=[N+](C)CCC(C)=O)cc-3oc2c1. The van der Waals surface area contributed by atoms with E-state index >= 15 is 0 Å². The average Bonchev–Trinajstić information content (AvgIpc) is 2.72. The van der Waals surface area contributed by atoms with E-state index < -0.39 is 10.1 Å². The number of hydrogen-bond donors (Lipinski definition) is 0. The molecule has 3 rings (SSSR count). The second kappa shape index (κ2) is 9.57. The van der Waals surface area contributed by atoms with Gasteiger partial charge >= 0.3 is 0 Å². The van der Waals surface area contributed by atoms with Crippen molar-refractivity contribution in [3.05, 3.63) is 41.8 Å². The molecule has 0 aromatic heterocycles. The van der Waals surface area contributed by atoms with Crippen LogP contribution >= 0.6 is 0 Å². The van der Waals surface area contributed by atoms with E-state index in [0.717, 1.165) is 16.7 Å². The van der Waals surface area contributed by atoms with E-state index in [-0.39, 0.29) is 18.0 Å². The largest absolute Gasteiger partial charge is 0.748 e. The van der Waals surface area contributed by atoms with Crippen molar-refractivity contribution in [1.82, 2.24) is 9.56 Å². The van der Waals surface area contributed by atoms with Gasteiger partial charge in [-0.2, -0.15) is 0 Å². The van der Waals surface area contributed by atoms with Crippen molar-refractivity contribution in [3.8, 4) is 11.5 Å². The average molecular weight is 446 g/mol. The van der Waals surface area contributed by atoms with Crippen LogP contribution in [0.15, 0.2) is 40.8 Å². The van der Waals surface area contributed by atoms with Crippen LogP contribution in [0.5, 0.6) is 0 Å². The molecule has 0 spiro atoms. The number of nitrogens with zero attached hydrogens (tertiary/aromatic N) is 3. The van der Waals surface area contributed by atoms with E-state index in [0.29, 0.717) is 42.9 Å². The van der Waals surface area contributed by atoms with Gasteiger partial charge in [0.05, 0.1) is 22.6 Å². The molecule has 1 aromatic rings. The zero-order valence-corrected chi connectivity index (χ0v) is 18.8. The van der Waals surface area contributed by atoms with Crippen molar-refractivity contribution in [1.29, 1.82) is 0 Å². The molecule has 0 amide bonds. The standard InChI is InChI=1S/C22H27N3O5S/c1-4-25(11-5-13-31(27,28)29)18-7-9-20-22(15-18)30-21-14-17(6-8-19(21)23-20)24(3)12-10-16(2)26/h6-9,14-15H,4-5,10-13H2,1-3H3. The Morgan fingerprint density at radius 3 is 2.68 bits per heavy atom. The van der Waals surface area contributed by atoms with Gasteiger partial charge in [0, 0.05) is 36.7 Å². The predicted molar refractivity (Wildman–Crippen MR) is 119 cm³/mol. The first-order chi connectivity index (χ1) is 14.7. The van der Waals surface area contributed by atoms with E-state index in [4.69, 9.17) is 4.42 Å². The monoisotopic (exact) mass is 445 g/mol. The first-order valence-corrected chi connectivity index (χ1v) is 11.8. The summed E-state index contributed by atoms with van der Waals surface area (Å²) in [4.78, 5) is 17.9. The van der Waals surface area contributed by atoms with Gasteiger partial charge in [0.15, 0.2) is 11.3 Å². The minimum Gasteiger partial charge on any atom is -0.748 e. The molecule has 0 atom stereocenters. The van der Waals surface area contributed by atoms with Crippen molar-refractivity contribution < 1.29 is 22.2 Å². The van der Waals surface area contributed by atoms with Gasteiger partial charge in [0.1, 0.15) is 30.6 Å². The van der Waals surface area contributed by atoms with Crippen LogP contribution in [-0.4, -0.2) is 56.2 Å². The maximum atomic E-state index is 11.3. The van der Waals surface area contributed by atoms with Crippen molar-refractivity contribution in [2.75, 3.05) is 37.3 Å². The Kier molecular flexibility index (Phi) is 7.07. The van der Waals surface area contributed by atoms with Crippen LogP contribution in [0, 0.1) is 0 Å². The fourth-order valence-electron chi connectivity index (χ4n) is 3.39. The number of anilines is 1. The molecule has 1 aliphatic carbocycles. The lowest BCUT2D eigenvalue weighted by molar-refractivity contribution is -0.116. The zero-order chi connectivity index (χ0) is 22.6. The first kappa shape index (κ1) is 22.9. The van der Waals surface area contributed by atoms with Gasteiger partial charge in [-0.15, -0.1) is 0 Å². The molecule has 8 nitrogen and oxygen atoms in total. The Morgan fingerprint density at radius 2 is 2.00 bits per heavy atom. The molecular weight excluding hydrogens is 418 g/mol. The Bertz CT molecular complexity index is 1230. The molecule has 31 heavy (non-hydrogen) atoms. The highest BCUT2D eigenvalue weighted by Gasteiger charge is 2.13. The normalized spacial score (nSPS) is 12.9. The van der Waals surface area contributed by atoms with E-state index in [1.54, 1.807) is 6.92 Å². The van der Waals surface area contributed by atoms with Crippen LogP contribution in [0.3, 0.4) is 0 Å². The van der Waals surface area contributed by atoms with Gasteiger partial charge in [-0.1, -0.05) is 0 Å². The number of hydrogen-bond acceptors (Lipinski definition) is 7. The van der Waals surface area contributed by atoms with Crippen LogP contribution in [0.25, 0.3) is 22.6 Å². The minimum atomic E-state index is -4.22. The third-order valence-corrected chi connectivity index (χ3v) is 5.95. The molecule has 9 heteroatoms. The topological polar surface area (TPSA) is 107 Å². The molecule has 0 radical (unpaired) electrons. The summed E-state index contributed by atoms with van der Waals surface area (Å²) in [7, 11) is -2.29. The second-order valence-electron chi connectivity index (χ2n) is 7.59.